The van der Waals surface area contributed by atoms with E-state index in [0.29, 0.717) is 6.54 Å². The van der Waals surface area contributed by atoms with Crippen molar-refractivity contribution in [2.45, 2.75) is 19.0 Å². The van der Waals surface area contributed by atoms with Crippen LogP contribution in [0.25, 0.3) is 0 Å². The Morgan fingerprint density at radius 3 is 2.50 bits per heavy atom. The maximum absolute atomic E-state index is 12.7. The molecule has 2 fully saturated rings. The number of hydrogen-bond donors (Lipinski definition) is 1. The first-order valence-electron chi connectivity index (χ1n) is 3.18. The molecule has 0 aromatic heterocycles. The molecule has 0 aromatic carbocycles. The van der Waals surface area contributed by atoms with E-state index in [2.05, 4.69) is 5.32 Å². The molecule has 1 atom stereocenters. The van der Waals surface area contributed by atoms with E-state index in [4.69, 9.17) is 0 Å². The van der Waals surface area contributed by atoms with Gasteiger partial charge in [-0.1, -0.05) is 0 Å². The third kappa shape index (κ3) is 0.440. The lowest BCUT2D eigenvalue weighted by atomic mass is 10.1. The van der Waals surface area contributed by atoms with Gasteiger partial charge in [-0.15, -0.1) is 0 Å². The second-order valence-electron chi connectivity index (χ2n) is 2.96. The number of alkyl halides is 1. The summed E-state index contributed by atoms with van der Waals surface area (Å²) in [6.45, 7) is 1.52. The van der Waals surface area contributed by atoms with Gasteiger partial charge in [-0.05, 0) is 12.8 Å². The molecule has 1 saturated heterocycles. The van der Waals surface area contributed by atoms with E-state index in [1.807, 2.05) is 0 Å². The van der Waals surface area contributed by atoms with Crippen LogP contribution < -0.4 is 5.32 Å². The van der Waals surface area contributed by atoms with Gasteiger partial charge < -0.3 is 5.32 Å². The summed E-state index contributed by atoms with van der Waals surface area (Å²) in [4.78, 5) is 0. The van der Waals surface area contributed by atoms with Crippen molar-refractivity contribution in [1.82, 2.24) is 5.32 Å². The van der Waals surface area contributed by atoms with Gasteiger partial charge in [-0.2, -0.15) is 0 Å². The number of nitrogens with one attached hydrogen (secondary N) is 1. The molecule has 1 aliphatic heterocycles. The monoisotopic (exact) mass is 115 g/mol. The topological polar surface area (TPSA) is 12.0 Å². The van der Waals surface area contributed by atoms with Gasteiger partial charge in [0.1, 0.15) is 6.17 Å². The predicted molar refractivity (Wildman–Crippen MR) is 29.4 cm³/mol. The summed E-state index contributed by atoms with van der Waals surface area (Å²) in [5.41, 5.74) is 0.125. The van der Waals surface area contributed by atoms with Crippen LogP contribution in [-0.2, 0) is 0 Å². The molecule has 2 aliphatic rings. The van der Waals surface area contributed by atoms with Crippen molar-refractivity contribution < 1.29 is 4.39 Å². The Morgan fingerprint density at radius 2 is 2.25 bits per heavy atom. The lowest BCUT2D eigenvalue weighted by Gasteiger charge is -2.04. The number of rotatable bonds is 0. The Balaban J connectivity index is 2.12. The van der Waals surface area contributed by atoms with E-state index in [1.54, 1.807) is 0 Å². The molecule has 0 bridgehead atoms. The normalized spacial score (nSPS) is 40.9. The summed E-state index contributed by atoms with van der Waals surface area (Å²) in [6.07, 6.45) is 1.69. The van der Waals surface area contributed by atoms with Crippen molar-refractivity contribution in [3.05, 3.63) is 0 Å². The fourth-order valence-electron chi connectivity index (χ4n) is 1.43. The zero-order valence-corrected chi connectivity index (χ0v) is 4.78. The highest BCUT2D eigenvalue weighted by molar-refractivity contribution is 5.05. The van der Waals surface area contributed by atoms with Crippen LogP contribution in [0.3, 0.4) is 0 Å². The summed E-state index contributed by atoms with van der Waals surface area (Å²) in [5.74, 6) is 0. The molecule has 2 heteroatoms. The maximum atomic E-state index is 12.7. The van der Waals surface area contributed by atoms with Crippen molar-refractivity contribution >= 4 is 0 Å². The Morgan fingerprint density at radius 1 is 1.50 bits per heavy atom. The van der Waals surface area contributed by atoms with E-state index >= 15 is 0 Å². The van der Waals surface area contributed by atoms with Gasteiger partial charge in [0.15, 0.2) is 0 Å². The molecule has 2 rings (SSSR count). The van der Waals surface area contributed by atoms with Gasteiger partial charge >= 0.3 is 0 Å². The molecule has 0 aromatic rings. The summed E-state index contributed by atoms with van der Waals surface area (Å²) in [7, 11) is 0. The van der Waals surface area contributed by atoms with E-state index in [0.717, 1.165) is 19.4 Å². The average molecular weight is 115 g/mol. The molecule has 8 heavy (non-hydrogen) atoms. The maximum Gasteiger partial charge on any atom is 0.119 e. The highest BCUT2D eigenvalue weighted by Crippen LogP contribution is 2.51. The van der Waals surface area contributed by atoms with Crippen LogP contribution in [0.5, 0.6) is 0 Å². The second-order valence-corrected chi connectivity index (χ2v) is 2.96. The van der Waals surface area contributed by atoms with E-state index in [9.17, 15) is 4.39 Å². The van der Waals surface area contributed by atoms with Crippen molar-refractivity contribution in [3.8, 4) is 0 Å². The lowest BCUT2D eigenvalue weighted by Crippen LogP contribution is -2.12. The molecule has 1 nitrogen and oxygen atoms in total. The van der Waals surface area contributed by atoms with Gasteiger partial charge in [-0.25, -0.2) is 4.39 Å². The van der Waals surface area contributed by atoms with E-state index in [-0.39, 0.29) is 5.41 Å². The van der Waals surface area contributed by atoms with Crippen molar-refractivity contribution in [2.24, 2.45) is 5.41 Å². The summed E-state index contributed by atoms with van der Waals surface area (Å²) < 4.78 is 12.7. The molecule has 46 valence electrons. The van der Waals surface area contributed by atoms with Gasteiger partial charge in [0.25, 0.3) is 0 Å². The van der Waals surface area contributed by atoms with Crippen LogP contribution in [0, 0.1) is 5.41 Å². The molecular formula is C6H10FN. The van der Waals surface area contributed by atoms with Gasteiger partial charge in [0.2, 0.25) is 0 Å². The fraction of sp³-hybridized carbons (Fsp3) is 1.00. The van der Waals surface area contributed by atoms with E-state index < -0.39 is 6.17 Å². The minimum atomic E-state index is -0.539. The number of hydrogen-bond acceptors (Lipinski definition) is 1. The predicted octanol–water partition coefficient (Wildman–Crippen LogP) is 0.708. The van der Waals surface area contributed by atoms with Crippen LogP contribution in [0.2, 0.25) is 0 Å². The quantitative estimate of drug-likeness (QED) is 0.490. The summed E-state index contributed by atoms with van der Waals surface area (Å²) in [6, 6.07) is 0. The van der Waals surface area contributed by atoms with Crippen LogP contribution >= 0.6 is 0 Å². The van der Waals surface area contributed by atoms with Gasteiger partial charge in [0.05, 0.1) is 0 Å². The third-order valence-electron chi connectivity index (χ3n) is 2.36. The molecule has 0 unspecified atom stereocenters. The summed E-state index contributed by atoms with van der Waals surface area (Å²) in [5, 5.41) is 3.05. The van der Waals surface area contributed by atoms with Crippen LogP contribution in [-0.4, -0.2) is 19.3 Å². The van der Waals surface area contributed by atoms with E-state index in [1.165, 1.54) is 0 Å². The lowest BCUT2D eigenvalue weighted by molar-refractivity contribution is 0.267. The minimum absolute atomic E-state index is 0.125. The Labute approximate surface area is 48.3 Å². The molecule has 1 spiro atoms. The second kappa shape index (κ2) is 1.24. The largest absolute Gasteiger partial charge is 0.313 e. The zero-order chi connectivity index (χ0) is 5.61. The third-order valence-corrected chi connectivity index (χ3v) is 2.36. The van der Waals surface area contributed by atoms with Gasteiger partial charge in [0, 0.05) is 18.5 Å². The molecule has 1 N–H and O–H groups in total. The fourth-order valence-corrected chi connectivity index (χ4v) is 1.43. The van der Waals surface area contributed by atoms with Gasteiger partial charge in [-0.3, -0.25) is 0 Å². The molecule has 1 heterocycles. The zero-order valence-electron chi connectivity index (χ0n) is 4.78. The highest BCUT2D eigenvalue weighted by Gasteiger charge is 2.52. The first kappa shape index (κ1) is 4.74. The standard InChI is InChI=1S/C6H10FN/c7-5-3-8-4-6(5)1-2-6/h5,8H,1-4H2/t5-/m1/s1. The average Bonchev–Trinajstić information content (AvgIpc) is 2.39. The molecule has 1 saturated carbocycles. The smallest absolute Gasteiger partial charge is 0.119 e. The minimum Gasteiger partial charge on any atom is -0.313 e. The van der Waals surface area contributed by atoms with Crippen molar-refractivity contribution in [3.63, 3.8) is 0 Å². The summed E-state index contributed by atoms with van der Waals surface area (Å²) >= 11 is 0. The van der Waals surface area contributed by atoms with Crippen LogP contribution in [0.1, 0.15) is 12.8 Å². The van der Waals surface area contributed by atoms with Crippen LogP contribution in [0.15, 0.2) is 0 Å². The highest BCUT2D eigenvalue weighted by atomic mass is 19.1. The Kier molecular flexibility index (Phi) is 0.734. The molecule has 1 aliphatic carbocycles. The first-order chi connectivity index (χ1) is 3.83. The SMILES string of the molecule is F[C@@H]1CNCC12CC2. The Bertz CT molecular complexity index is 109. The molecule has 0 amide bonds. The van der Waals surface area contributed by atoms with Crippen LogP contribution in [0.4, 0.5) is 4.39 Å². The molecular weight excluding hydrogens is 105 g/mol. The Hall–Kier alpha value is -0.110. The first-order valence-corrected chi connectivity index (χ1v) is 3.18. The number of halogens is 1. The van der Waals surface area contributed by atoms with Crippen molar-refractivity contribution in [1.29, 1.82) is 0 Å². The molecule has 0 radical (unpaired) electrons. The van der Waals surface area contributed by atoms with Crippen molar-refractivity contribution in [2.75, 3.05) is 13.1 Å².